The Hall–Kier alpha value is -2.62. The molecule has 0 aliphatic carbocycles. The minimum absolute atomic E-state index is 0.00175. The zero-order valence-corrected chi connectivity index (χ0v) is 16.8. The summed E-state index contributed by atoms with van der Waals surface area (Å²) in [7, 11) is 0. The highest BCUT2D eigenvalue weighted by molar-refractivity contribution is 7.95. The van der Waals surface area contributed by atoms with Crippen molar-refractivity contribution >= 4 is 69.7 Å². The van der Waals surface area contributed by atoms with Crippen LogP contribution in [-0.4, -0.2) is 21.1 Å². The van der Waals surface area contributed by atoms with Gasteiger partial charge in [-0.1, -0.05) is 17.7 Å². The van der Waals surface area contributed by atoms with Crippen molar-refractivity contribution < 1.29 is 8.68 Å². The molecule has 28 heavy (non-hydrogen) atoms. The normalized spacial score (nSPS) is 11.0. The Bertz CT molecular complexity index is 1180. The van der Waals surface area contributed by atoms with Gasteiger partial charge in [0.25, 0.3) is 0 Å². The van der Waals surface area contributed by atoms with Crippen molar-refractivity contribution in [3.63, 3.8) is 0 Å². The molecule has 6 nitrogen and oxygen atoms in total. The van der Waals surface area contributed by atoms with E-state index in [0.717, 1.165) is 28.7 Å². The van der Waals surface area contributed by atoms with Crippen LogP contribution in [-0.2, 0) is 0 Å². The second-order valence-electron chi connectivity index (χ2n) is 5.88. The molecule has 0 radical (unpaired) electrons. The van der Waals surface area contributed by atoms with Crippen molar-refractivity contribution in [1.29, 1.82) is 0 Å². The summed E-state index contributed by atoms with van der Waals surface area (Å²) >= 11 is 7.64. The number of rotatable bonds is 6. The molecule has 142 valence electrons. The SMILES string of the molecule is Cc1nc2c(cnn2-c2csc(C=O)c2)cc1Nc1c(Cl)cccc1NSF. The standard InChI is InChI=1S/C18H13ClFN5OS2/c1-10-16(23-17-14(19)3-2-4-15(17)24-28-20)5-11-7-21-25(18(11)22-10)12-6-13(8-26)27-9-12/h2-9,23-24H,1H3. The van der Waals surface area contributed by atoms with Crippen LogP contribution in [0.1, 0.15) is 15.4 Å². The first-order valence-electron chi connectivity index (χ1n) is 8.09. The van der Waals surface area contributed by atoms with Crippen molar-refractivity contribution in [1.82, 2.24) is 14.8 Å². The highest BCUT2D eigenvalue weighted by atomic mass is 35.5. The van der Waals surface area contributed by atoms with Crippen LogP contribution < -0.4 is 10.0 Å². The molecule has 0 amide bonds. The first-order valence-corrected chi connectivity index (χ1v) is 10.1. The van der Waals surface area contributed by atoms with Crippen LogP contribution in [0.2, 0.25) is 5.02 Å². The lowest BCUT2D eigenvalue weighted by molar-refractivity contribution is 0.112. The van der Waals surface area contributed by atoms with E-state index >= 15 is 0 Å². The number of halogens is 2. The number of nitrogens with one attached hydrogen (secondary N) is 2. The Balaban J connectivity index is 1.75. The zero-order chi connectivity index (χ0) is 19.7. The van der Waals surface area contributed by atoms with Gasteiger partial charge in [0.15, 0.2) is 24.3 Å². The van der Waals surface area contributed by atoms with E-state index < -0.39 is 0 Å². The molecule has 0 fully saturated rings. The highest BCUT2D eigenvalue weighted by Crippen LogP contribution is 2.36. The van der Waals surface area contributed by atoms with Crippen LogP contribution in [0.5, 0.6) is 0 Å². The van der Waals surface area contributed by atoms with E-state index in [4.69, 9.17) is 11.6 Å². The van der Waals surface area contributed by atoms with E-state index in [2.05, 4.69) is 20.1 Å². The molecular formula is C18H13ClFN5OS2. The Morgan fingerprint density at radius 2 is 2.18 bits per heavy atom. The fraction of sp³-hybridized carbons (Fsp3) is 0.0556. The Labute approximate surface area is 173 Å². The molecule has 0 atom stereocenters. The van der Waals surface area contributed by atoms with Crippen molar-refractivity contribution in [3.8, 4) is 5.69 Å². The quantitative estimate of drug-likeness (QED) is 0.289. The maximum atomic E-state index is 12.7. The van der Waals surface area contributed by atoms with Crippen molar-refractivity contribution in [3.05, 3.63) is 57.5 Å². The lowest BCUT2D eigenvalue weighted by Crippen LogP contribution is -2.01. The summed E-state index contributed by atoms with van der Waals surface area (Å²) in [6.45, 7) is 1.86. The maximum Gasteiger partial charge on any atom is 0.163 e. The highest BCUT2D eigenvalue weighted by Gasteiger charge is 2.14. The number of anilines is 3. The molecule has 0 unspecified atom stereocenters. The number of aryl methyl sites for hydroxylation is 1. The fourth-order valence-electron chi connectivity index (χ4n) is 2.79. The summed E-state index contributed by atoms with van der Waals surface area (Å²) in [6, 6.07) is 8.85. The van der Waals surface area contributed by atoms with Crippen molar-refractivity contribution in [2.45, 2.75) is 6.92 Å². The molecule has 0 spiro atoms. The monoisotopic (exact) mass is 433 g/mol. The second-order valence-corrected chi connectivity index (χ2v) is 7.59. The molecule has 4 rings (SSSR count). The maximum absolute atomic E-state index is 12.7. The number of carbonyl (C=O) groups is 1. The zero-order valence-electron chi connectivity index (χ0n) is 14.4. The van der Waals surface area contributed by atoms with E-state index in [1.807, 2.05) is 18.4 Å². The number of aldehydes is 1. The molecule has 1 aromatic carbocycles. The average molecular weight is 434 g/mol. The van der Waals surface area contributed by atoms with Gasteiger partial charge in [0, 0.05) is 10.8 Å². The molecule has 3 aromatic heterocycles. The lowest BCUT2D eigenvalue weighted by atomic mass is 10.2. The number of thiophene rings is 1. The molecule has 3 heterocycles. The van der Waals surface area contributed by atoms with Crippen molar-refractivity contribution in [2.24, 2.45) is 0 Å². The van der Waals surface area contributed by atoms with Crippen LogP contribution in [0.15, 0.2) is 41.9 Å². The number of nitrogens with zero attached hydrogens (tertiary/aromatic N) is 3. The summed E-state index contributed by atoms with van der Waals surface area (Å²) in [5.41, 5.74) is 3.99. The number of pyridine rings is 1. The van der Waals surface area contributed by atoms with Crippen LogP contribution in [0, 0.1) is 6.92 Å². The molecule has 2 N–H and O–H groups in total. The number of carbonyl (C=O) groups excluding carboxylic acids is 1. The Morgan fingerprint density at radius 1 is 1.32 bits per heavy atom. The predicted octanol–water partition coefficient (Wildman–Crippen LogP) is 5.94. The van der Waals surface area contributed by atoms with Gasteiger partial charge in [0.1, 0.15) is 0 Å². The molecule has 0 saturated carbocycles. The molecule has 0 aliphatic heterocycles. The Kier molecular flexibility index (Phi) is 5.21. The minimum atomic E-state index is -0.00175. The molecule has 0 bridgehead atoms. The average Bonchev–Trinajstić information content (AvgIpc) is 3.31. The number of hydrogen-bond donors (Lipinski definition) is 2. The van der Waals surface area contributed by atoms with E-state index in [9.17, 15) is 8.68 Å². The van der Waals surface area contributed by atoms with E-state index in [1.165, 1.54) is 11.3 Å². The third kappa shape index (κ3) is 3.44. The van der Waals surface area contributed by atoms with Crippen LogP contribution in [0.25, 0.3) is 16.7 Å². The summed E-state index contributed by atoms with van der Waals surface area (Å²) in [5.74, 6) is 0. The number of hydrogen-bond acceptors (Lipinski definition) is 7. The van der Waals surface area contributed by atoms with Crippen LogP contribution in [0.4, 0.5) is 20.9 Å². The number of fused-ring (bicyclic) bond motifs is 1. The van der Waals surface area contributed by atoms with Gasteiger partial charge in [-0.2, -0.15) is 5.10 Å². The third-order valence-electron chi connectivity index (χ3n) is 4.12. The molecule has 0 aliphatic rings. The lowest BCUT2D eigenvalue weighted by Gasteiger charge is -2.15. The van der Waals surface area contributed by atoms with Crippen LogP contribution in [0.3, 0.4) is 0 Å². The van der Waals surface area contributed by atoms with E-state index in [-0.39, 0.29) is 12.3 Å². The van der Waals surface area contributed by atoms with E-state index in [0.29, 0.717) is 26.9 Å². The third-order valence-corrected chi connectivity index (χ3v) is 5.58. The van der Waals surface area contributed by atoms with Crippen molar-refractivity contribution in [2.75, 3.05) is 10.0 Å². The smallest absolute Gasteiger partial charge is 0.163 e. The van der Waals surface area contributed by atoms with Gasteiger partial charge in [0.05, 0.1) is 44.5 Å². The molecule has 0 saturated heterocycles. The number of aromatic nitrogens is 3. The summed E-state index contributed by atoms with van der Waals surface area (Å²) < 4.78 is 17.0. The van der Waals surface area contributed by atoms with Crippen LogP contribution >= 0.6 is 35.3 Å². The predicted molar refractivity (Wildman–Crippen MR) is 114 cm³/mol. The summed E-state index contributed by atoms with van der Waals surface area (Å²) in [4.78, 5) is 16.2. The summed E-state index contributed by atoms with van der Waals surface area (Å²) in [5, 5.41) is 10.7. The second kappa shape index (κ2) is 7.78. The van der Waals surface area contributed by atoms with Gasteiger partial charge in [-0.3, -0.25) is 4.79 Å². The number of para-hydroxylation sites is 1. The van der Waals surface area contributed by atoms with Gasteiger partial charge in [0.2, 0.25) is 0 Å². The van der Waals surface area contributed by atoms with Gasteiger partial charge in [-0.05, 0) is 31.2 Å². The molecular weight excluding hydrogens is 421 g/mol. The topological polar surface area (TPSA) is 71.8 Å². The fourth-order valence-corrected chi connectivity index (χ4v) is 3.93. The van der Waals surface area contributed by atoms with E-state index in [1.54, 1.807) is 35.1 Å². The largest absolute Gasteiger partial charge is 0.351 e. The first-order chi connectivity index (χ1) is 13.6. The molecule has 10 heteroatoms. The first kappa shape index (κ1) is 18.7. The van der Waals surface area contributed by atoms with Gasteiger partial charge >= 0.3 is 0 Å². The number of benzene rings is 1. The minimum Gasteiger partial charge on any atom is -0.351 e. The Morgan fingerprint density at radius 3 is 2.93 bits per heavy atom. The van der Waals surface area contributed by atoms with Gasteiger partial charge < -0.3 is 10.0 Å². The van der Waals surface area contributed by atoms with Gasteiger partial charge in [-0.15, -0.1) is 15.2 Å². The van der Waals surface area contributed by atoms with Gasteiger partial charge in [-0.25, -0.2) is 9.67 Å². The summed E-state index contributed by atoms with van der Waals surface area (Å²) in [6.07, 6.45) is 2.51. The molecule has 4 aromatic rings.